The number of aryl methyl sites for hydroxylation is 1. The lowest BCUT2D eigenvalue weighted by molar-refractivity contribution is 0.644. The van der Waals surface area contributed by atoms with Crippen molar-refractivity contribution in [2.75, 3.05) is 13.1 Å². The number of hydrogen-bond donors (Lipinski definition) is 1. The Hall–Kier alpha value is -0.600. The average molecular weight is 211 g/mol. The highest BCUT2D eigenvalue weighted by Crippen LogP contribution is 2.25. The summed E-state index contributed by atoms with van der Waals surface area (Å²) in [6.45, 7) is 6.28. The van der Waals surface area contributed by atoms with Gasteiger partial charge in [0.2, 0.25) is 0 Å². The van der Waals surface area contributed by atoms with Crippen LogP contribution in [0.3, 0.4) is 0 Å². The van der Waals surface area contributed by atoms with Crippen LogP contribution < -0.4 is 5.32 Å². The molecule has 14 heavy (non-hydrogen) atoms. The molecule has 0 amide bonds. The van der Waals surface area contributed by atoms with Crippen LogP contribution in [0.5, 0.6) is 0 Å². The van der Waals surface area contributed by atoms with Crippen molar-refractivity contribution in [1.29, 1.82) is 0 Å². The Labute approximate surface area is 89.7 Å². The lowest BCUT2D eigenvalue weighted by atomic mass is 9.98. The molecule has 1 aliphatic heterocycles. The van der Waals surface area contributed by atoms with E-state index < -0.39 is 0 Å². The molecule has 2 nitrogen and oxygen atoms in total. The fourth-order valence-electron chi connectivity index (χ4n) is 1.91. The maximum absolute atomic E-state index is 6.02. The molecule has 0 aromatic carbocycles. The lowest BCUT2D eigenvalue weighted by Gasteiger charge is -2.12. The third kappa shape index (κ3) is 1.77. The molecule has 0 bridgehead atoms. The smallest absolute Gasteiger partial charge is 0.132 e. The molecule has 0 saturated carbocycles. The highest BCUT2D eigenvalue weighted by Gasteiger charge is 2.16. The van der Waals surface area contributed by atoms with Crippen LogP contribution >= 0.6 is 11.6 Å². The fourth-order valence-corrected chi connectivity index (χ4v) is 2.07. The van der Waals surface area contributed by atoms with E-state index in [1.165, 1.54) is 5.56 Å². The van der Waals surface area contributed by atoms with Crippen LogP contribution in [0.1, 0.15) is 29.7 Å². The molecule has 1 unspecified atom stereocenters. The maximum Gasteiger partial charge on any atom is 0.132 e. The minimum Gasteiger partial charge on any atom is -0.316 e. The van der Waals surface area contributed by atoms with Crippen molar-refractivity contribution in [3.8, 4) is 0 Å². The molecule has 1 N–H and O–H groups in total. The van der Waals surface area contributed by atoms with E-state index in [1.807, 2.05) is 6.92 Å². The Balaban J connectivity index is 2.49. The van der Waals surface area contributed by atoms with E-state index in [9.17, 15) is 0 Å². The van der Waals surface area contributed by atoms with E-state index in [0.29, 0.717) is 11.1 Å². The Morgan fingerprint density at radius 1 is 1.57 bits per heavy atom. The Morgan fingerprint density at radius 2 is 2.36 bits per heavy atom. The highest BCUT2D eigenvalue weighted by atomic mass is 35.5. The topological polar surface area (TPSA) is 24.9 Å². The van der Waals surface area contributed by atoms with Gasteiger partial charge >= 0.3 is 0 Å². The van der Waals surface area contributed by atoms with Gasteiger partial charge in [0.05, 0.1) is 0 Å². The van der Waals surface area contributed by atoms with Gasteiger partial charge in [-0.3, -0.25) is 0 Å². The molecule has 0 saturated heterocycles. The van der Waals surface area contributed by atoms with Gasteiger partial charge < -0.3 is 5.32 Å². The predicted octanol–water partition coefficient (Wildman–Crippen LogP) is 2.29. The summed E-state index contributed by atoms with van der Waals surface area (Å²) in [6.07, 6.45) is 0.986. The van der Waals surface area contributed by atoms with E-state index in [-0.39, 0.29) is 0 Å². The average Bonchev–Trinajstić information content (AvgIpc) is 2.31. The highest BCUT2D eigenvalue weighted by molar-refractivity contribution is 6.30. The van der Waals surface area contributed by atoms with Gasteiger partial charge in [0, 0.05) is 25.2 Å². The molecule has 1 aliphatic rings. The number of nitrogens with one attached hydrogen (secondary N) is 1. The van der Waals surface area contributed by atoms with Gasteiger partial charge in [0.25, 0.3) is 0 Å². The maximum atomic E-state index is 6.02. The summed E-state index contributed by atoms with van der Waals surface area (Å²) in [6, 6.07) is 2.18. The molecule has 1 aromatic heterocycles. The lowest BCUT2D eigenvalue weighted by Crippen LogP contribution is -2.18. The third-order valence-corrected chi connectivity index (χ3v) is 3.17. The summed E-state index contributed by atoms with van der Waals surface area (Å²) in [5.41, 5.74) is 3.61. The summed E-state index contributed by atoms with van der Waals surface area (Å²) < 4.78 is 0. The first-order valence-electron chi connectivity index (χ1n) is 5.05. The summed E-state index contributed by atoms with van der Waals surface area (Å²) in [7, 11) is 0. The van der Waals surface area contributed by atoms with Crippen molar-refractivity contribution in [2.45, 2.75) is 26.2 Å². The van der Waals surface area contributed by atoms with Crippen LogP contribution in [0.2, 0.25) is 5.15 Å². The standard InChI is InChI=1S/C11H15ClN2/c1-7-5-9-8(2)6-13-4-3-10(9)14-11(7)12/h5,8,13H,3-4,6H2,1-2H3. The Kier molecular flexibility index (Phi) is 2.75. The molecule has 0 fully saturated rings. The second-order valence-corrected chi connectivity index (χ2v) is 4.35. The van der Waals surface area contributed by atoms with Crippen LogP contribution in [0, 0.1) is 6.92 Å². The van der Waals surface area contributed by atoms with Crippen molar-refractivity contribution in [2.24, 2.45) is 0 Å². The molecule has 2 heterocycles. The molecule has 3 heteroatoms. The van der Waals surface area contributed by atoms with Crippen LogP contribution in [0.15, 0.2) is 6.07 Å². The largest absolute Gasteiger partial charge is 0.316 e. The molecule has 0 aliphatic carbocycles. The van der Waals surface area contributed by atoms with Gasteiger partial charge in [-0.1, -0.05) is 24.6 Å². The summed E-state index contributed by atoms with van der Waals surface area (Å²) in [5, 5.41) is 4.05. The van der Waals surface area contributed by atoms with Gasteiger partial charge in [0.1, 0.15) is 5.15 Å². The molecule has 1 aromatic rings. The van der Waals surface area contributed by atoms with Gasteiger partial charge in [-0.25, -0.2) is 4.98 Å². The van der Waals surface area contributed by atoms with Crippen LogP contribution in [-0.4, -0.2) is 18.1 Å². The molecular weight excluding hydrogens is 196 g/mol. The van der Waals surface area contributed by atoms with Crippen molar-refractivity contribution in [1.82, 2.24) is 10.3 Å². The number of pyridine rings is 1. The van der Waals surface area contributed by atoms with Gasteiger partial charge in [-0.15, -0.1) is 0 Å². The zero-order valence-corrected chi connectivity index (χ0v) is 9.36. The molecule has 0 spiro atoms. The molecule has 76 valence electrons. The first-order valence-corrected chi connectivity index (χ1v) is 5.43. The minimum absolute atomic E-state index is 0.538. The summed E-state index contributed by atoms with van der Waals surface area (Å²) in [5.74, 6) is 0.538. The zero-order chi connectivity index (χ0) is 10.1. The van der Waals surface area contributed by atoms with E-state index in [1.54, 1.807) is 0 Å². The second-order valence-electron chi connectivity index (χ2n) is 3.99. The van der Waals surface area contributed by atoms with Gasteiger partial charge in [0.15, 0.2) is 0 Å². The van der Waals surface area contributed by atoms with E-state index in [4.69, 9.17) is 11.6 Å². The number of hydrogen-bond acceptors (Lipinski definition) is 2. The second kappa shape index (κ2) is 3.87. The molecule has 2 rings (SSSR count). The first-order chi connectivity index (χ1) is 6.68. The summed E-state index contributed by atoms with van der Waals surface area (Å²) >= 11 is 6.02. The monoisotopic (exact) mass is 210 g/mol. The summed E-state index contributed by atoms with van der Waals surface area (Å²) in [4.78, 5) is 4.45. The first kappa shape index (κ1) is 9.94. The number of rotatable bonds is 0. The number of aromatic nitrogens is 1. The van der Waals surface area contributed by atoms with Crippen LogP contribution in [-0.2, 0) is 6.42 Å². The molecular formula is C11H15ClN2. The van der Waals surface area contributed by atoms with E-state index >= 15 is 0 Å². The van der Waals surface area contributed by atoms with Crippen molar-refractivity contribution >= 4 is 11.6 Å². The van der Waals surface area contributed by atoms with Crippen molar-refractivity contribution in [3.63, 3.8) is 0 Å². The number of nitrogens with zero attached hydrogens (tertiary/aromatic N) is 1. The fraction of sp³-hybridized carbons (Fsp3) is 0.545. The van der Waals surface area contributed by atoms with Crippen LogP contribution in [0.25, 0.3) is 0 Å². The number of halogens is 1. The molecule has 1 atom stereocenters. The quantitative estimate of drug-likeness (QED) is 0.665. The minimum atomic E-state index is 0.538. The van der Waals surface area contributed by atoms with Crippen molar-refractivity contribution in [3.05, 3.63) is 28.0 Å². The normalized spacial score (nSPS) is 21.5. The predicted molar refractivity (Wildman–Crippen MR) is 59.0 cm³/mol. The zero-order valence-electron chi connectivity index (χ0n) is 8.60. The molecule has 0 radical (unpaired) electrons. The van der Waals surface area contributed by atoms with E-state index in [2.05, 4.69) is 23.3 Å². The van der Waals surface area contributed by atoms with Gasteiger partial charge in [-0.05, 0) is 24.0 Å². The number of fused-ring (bicyclic) bond motifs is 1. The Bertz CT molecular complexity index is 349. The van der Waals surface area contributed by atoms with Gasteiger partial charge in [-0.2, -0.15) is 0 Å². The van der Waals surface area contributed by atoms with Crippen LogP contribution in [0.4, 0.5) is 0 Å². The SMILES string of the molecule is Cc1cc2c(nc1Cl)CCNCC2C. The third-order valence-electron chi connectivity index (χ3n) is 2.78. The Morgan fingerprint density at radius 3 is 3.14 bits per heavy atom. The van der Waals surface area contributed by atoms with E-state index in [0.717, 1.165) is 30.8 Å². The van der Waals surface area contributed by atoms with Crippen molar-refractivity contribution < 1.29 is 0 Å².